The molecule has 0 aromatic carbocycles. The molecule has 2 aliphatic rings. The molecule has 2 fully saturated rings. The maximum Gasteiger partial charge on any atom is 0.187 e. The van der Waals surface area contributed by atoms with Crippen LogP contribution in [-0.4, -0.2) is 128 Å². The summed E-state index contributed by atoms with van der Waals surface area (Å²) < 4.78 is 21.1. The van der Waals surface area contributed by atoms with Crippen LogP contribution in [0, 0.1) is 0 Å². The van der Waals surface area contributed by atoms with Crippen molar-refractivity contribution >= 4 is 0 Å². The highest BCUT2D eigenvalue weighted by molar-refractivity contribution is 4.94. The first-order chi connectivity index (χ1) is 12.7. The summed E-state index contributed by atoms with van der Waals surface area (Å²) in [4.78, 5) is 0. The van der Waals surface area contributed by atoms with Gasteiger partial charge in [0.2, 0.25) is 0 Å². The van der Waals surface area contributed by atoms with E-state index in [9.17, 15) is 40.9 Å². The van der Waals surface area contributed by atoms with E-state index in [-0.39, 0.29) is 6.61 Å². The zero-order chi connectivity index (χ0) is 20.3. The molecule has 0 aromatic heterocycles. The van der Waals surface area contributed by atoms with Gasteiger partial charge in [0, 0.05) is 0 Å². The monoisotopic (exact) mass is 400 g/mol. The summed E-state index contributed by atoms with van der Waals surface area (Å²) in [5.74, 6) is 0. The Balaban J connectivity index is 2.08. The molecule has 8 N–H and O–H groups in total. The van der Waals surface area contributed by atoms with Crippen LogP contribution < -0.4 is 0 Å². The molecule has 2 saturated heterocycles. The molecule has 27 heavy (non-hydrogen) atoms. The SMILES string of the molecule is CC(O)COC1OC(CO)C(OC2OC(CO)C(O)C(O)C2O)C(O)C1O. The molecule has 2 rings (SSSR count). The van der Waals surface area contributed by atoms with Crippen LogP contribution in [0.4, 0.5) is 0 Å². The van der Waals surface area contributed by atoms with Gasteiger partial charge in [0.15, 0.2) is 12.6 Å². The van der Waals surface area contributed by atoms with Gasteiger partial charge in [0.1, 0.15) is 48.8 Å². The molecule has 0 saturated carbocycles. The summed E-state index contributed by atoms with van der Waals surface area (Å²) in [6.07, 6.45) is -15.9. The first kappa shape index (κ1) is 22.8. The molecule has 0 aromatic rings. The Morgan fingerprint density at radius 2 is 1.33 bits per heavy atom. The second kappa shape index (κ2) is 9.82. The van der Waals surface area contributed by atoms with Gasteiger partial charge >= 0.3 is 0 Å². The van der Waals surface area contributed by atoms with E-state index in [1.54, 1.807) is 0 Å². The standard InChI is InChI=1S/C15H28O12/c1-5(18)4-24-14-12(23)10(21)13(7(3-17)26-14)27-15-11(22)9(20)8(19)6(2-16)25-15/h5-23H,2-4H2,1H3. The van der Waals surface area contributed by atoms with E-state index in [1.165, 1.54) is 6.92 Å². The van der Waals surface area contributed by atoms with Crippen LogP contribution in [0.15, 0.2) is 0 Å². The highest BCUT2D eigenvalue weighted by Gasteiger charge is 2.50. The molecular weight excluding hydrogens is 372 g/mol. The molecule has 160 valence electrons. The summed E-state index contributed by atoms with van der Waals surface area (Å²) in [6, 6.07) is 0. The molecular formula is C15H28O12. The molecule has 12 nitrogen and oxygen atoms in total. The molecule has 11 atom stereocenters. The molecule has 0 radical (unpaired) electrons. The van der Waals surface area contributed by atoms with E-state index in [0.29, 0.717) is 0 Å². The van der Waals surface area contributed by atoms with Gasteiger partial charge in [0.25, 0.3) is 0 Å². The predicted molar refractivity (Wildman–Crippen MR) is 84.0 cm³/mol. The Labute approximate surface area is 155 Å². The molecule has 0 spiro atoms. The fraction of sp³-hybridized carbons (Fsp3) is 1.00. The van der Waals surface area contributed by atoms with Gasteiger partial charge in [0.05, 0.1) is 25.9 Å². The van der Waals surface area contributed by atoms with Gasteiger partial charge < -0.3 is 59.8 Å². The number of rotatable bonds is 7. The fourth-order valence-electron chi connectivity index (χ4n) is 2.93. The lowest BCUT2D eigenvalue weighted by atomic mass is 9.97. The Bertz CT molecular complexity index is 447. The minimum absolute atomic E-state index is 0.190. The molecule has 2 heterocycles. The van der Waals surface area contributed by atoms with Crippen molar-refractivity contribution in [1.29, 1.82) is 0 Å². The van der Waals surface area contributed by atoms with Crippen LogP contribution in [0.2, 0.25) is 0 Å². The van der Waals surface area contributed by atoms with Crippen LogP contribution >= 0.6 is 0 Å². The maximum absolute atomic E-state index is 10.3. The fourth-order valence-corrected chi connectivity index (χ4v) is 2.93. The third kappa shape index (κ3) is 5.12. The topological polar surface area (TPSA) is 199 Å². The number of ether oxygens (including phenoxy) is 4. The second-order valence-electron chi connectivity index (χ2n) is 6.69. The highest BCUT2D eigenvalue weighted by atomic mass is 16.7. The highest BCUT2D eigenvalue weighted by Crippen LogP contribution is 2.29. The Hall–Kier alpha value is -0.480. The van der Waals surface area contributed by atoms with E-state index in [2.05, 4.69) is 0 Å². The minimum atomic E-state index is -1.73. The summed E-state index contributed by atoms with van der Waals surface area (Å²) in [5, 5.41) is 78.0. The van der Waals surface area contributed by atoms with Crippen molar-refractivity contribution < 1.29 is 59.8 Å². The van der Waals surface area contributed by atoms with E-state index in [0.717, 1.165) is 0 Å². The van der Waals surface area contributed by atoms with Crippen molar-refractivity contribution in [2.24, 2.45) is 0 Å². The Morgan fingerprint density at radius 3 is 1.89 bits per heavy atom. The summed E-state index contributed by atoms with van der Waals surface area (Å²) >= 11 is 0. The number of aliphatic hydroxyl groups is 8. The predicted octanol–water partition coefficient (Wildman–Crippen LogP) is -4.99. The van der Waals surface area contributed by atoms with Crippen molar-refractivity contribution in [2.75, 3.05) is 19.8 Å². The number of aliphatic hydroxyl groups excluding tert-OH is 8. The Morgan fingerprint density at radius 1 is 0.778 bits per heavy atom. The molecule has 12 heteroatoms. The van der Waals surface area contributed by atoms with Crippen molar-refractivity contribution in [2.45, 2.75) is 74.4 Å². The average Bonchev–Trinajstić information content (AvgIpc) is 2.64. The first-order valence-electron chi connectivity index (χ1n) is 8.59. The van der Waals surface area contributed by atoms with E-state index in [4.69, 9.17) is 18.9 Å². The van der Waals surface area contributed by atoms with Crippen LogP contribution in [0.5, 0.6) is 0 Å². The smallest absolute Gasteiger partial charge is 0.187 e. The van der Waals surface area contributed by atoms with Crippen molar-refractivity contribution in [3.63, 3.8) is 0 Å². The minimum Gasteiger partial charge on any atom is -0.394 e. The van der Waals surface area contributed by atoms with Crippen molar-refractivity contribution in [1.82, 2.24) is 0 Å². The van der Waals surface area contributed by atoms with E-state index >= 15 is 0 Å². The molecule has 2 aliphatic heterocycles. The Kier molecular flexibility index (Phi) is 8.30. The molecule has 0 aliphatic carbocycles. The zero-order valence-electron chi connectivity index (χ0n) is 14.7. The third-order valence-electron chi connectivity index (χ3n) is 4.46. The van der Waals surface area contributed by atoms with Crippen LogP contribution in [0.25, 0.3) is 0 Å². The van der Waals surface area contributed by atoms with Gasteiger partial charge in [-0.15, -0.1) is 0 Å². The number of hydrogen-bond acceptors (Lipinski definition) is 12. The van der Waals surface area contributed by atoms with E-state index < -0.39 is 80.7 Å². The molecule has 11 unspecified atom stereocenters. The van der Waals surface area contributed by atoms with Gasteiger partial charge in [-0.3, -0.25) is 0 Å². The van der Waals surface area contributed by atoms with Crippen LogP contribution in [0.1, 0.15) is 6.92 Å². The third-order valence-corrected chi connectivity index (χ3v) is 4.46. The lowest BCUT2D eigenvalue weighted by molar-refractivity contribution is -0.360. The quantitative estimate of drug-likeness (QED) is 0.203. The second-order valence-corrected chi connectivity index (χ2v) is 6.69. The normalized spacial score (nSPS) is 47.0. The maximum atomic E-state index is 10.3. The van der Waals surface area contributed by atoms with Crippen molar-refractivity contribution in [3.8, 4) is 0 Å². The summed E-state index contributed by atoms with van der Waals surface area (Å²) in [5.41, 5.74) is 0. The van der Waals surface area contributed by atoms with Gasteiger partial charge in [-0.1, -0.05) is 0 Å². The van der Waals surface area contributed by atoms with Gasteiger partial charge in [-0.05, 0) is 6.92 Å². The zero-order valence-corrected chi connectivity index (χ0v) is 14.7. The van der Waals surface area contributed by atoms with Gasteiger partial charge in [-0.25, -0.2) is 0 Å². The lowest BCUT2D eigenvalue weighted by Gasteiger charge is -2.46. The first-order valence-corrected chi connectivity index (χ1v) is 8.59. The average molecular weight is 400 g/mol. The summed E-state index contributed by atoms with van der Waals surface area (Å²) in [6.45, 7) is -0.0682. The van der Waals surface area contributed by atoms with Crippen LogP contribution in [0.3, 0.4) is 0 Å². The van der Waals surface area contributed by atoms with Crippen molar-refractivity contribution in [3.05, 3.63) is 0 Å². The molecule has 0 amide bonds. The largest absolute Gasteiger partial charge is 0.394 e. The lowest BCUT2D eigenvalue weighted by Crippen LogP contribution is -2.64. The van der Waals surface area contributed by atoms with Gasteiger partial charge in [-0.2, -0.15) is 0 Å². The molecule has 0 bridgehead atoms. The summed E-state index contributed by atoms with van der Waals surface area (Å²) in [7, 11) is 0. The van der Waals surface area contributed by atoms with Crippen LogP contribution in [-0.2, 0) is 18.9 Å². The number of hydrogen-bond donors (Lipinski definition) is 8. The van der Waals surface area contributed by atoms with E-state index in [1.807, 2.05) is 0 Å².